The van der Waals surface area contributed by atoms with Crippen molar-refractivity contribution in [3.8, 4) is 0 Å². The third-order valence-electron chi connectivity index (χ3n) is 2.79. The van der Waals surface area contributed by atoms with Crippen LogP contribution in [0.25, 0.3) is 0 Å². The number of hydrogen-bond acceptors (Lipinski definition) is 5. The van der Waals surface area contributed by atoms with E-state index in [-0.39, 0.29) is 29.0 Å². The largest absolute Gasteiger partial charge is 0.465 e. The maximum absolute atomic E-state index is 11.8. The van der Waals surface area contributed by atoms with Crippen LogP contribution in [0.4, 0.5) is 0 Å². The SMILES string of the molecule is CCC(=O)C(=N)c1ccc(C(=O)OC)c(C(=O)NC)c1. The Kier molecular flexibility index (Phi) is 5.14. The maximum atomic E-state index is 11.8. The van der Waals surface area contributed by atoms with Crippen LogP contribution in [0.1, 0.15) is 39.6 Å². The fourth-order valence-corrected chi connectivity index (χ4v) is 1.65. The standard InChI is InChI=1S/C14H16N2O4/c1-4-11(17)12(15)8-5-6-9(14(19)20-3)10(7-8)13(18)16-2/h5-7,15H,4H2,1-3H3,(H,16,18). The summed E-state index contributed by atoms with van der Waals surface area (Å²) in [5.74, 6) is -1.47. The lowest BCUT2D eigenvalue weighted by atomic mass is 9.98. The van der Waals surface area contributed by atoms with Crippen molar-refractivity contribution in [2.45, 2.75) is 13.3 Å². The van der Waals surface area contributed by atoms with E-state index in [9.17, 15) is 14.4 Å². The van der Waals surface area contributed by atoms with E-state index in [2.05, 4.69) is 10.1 Å². The zero-order valence-electron chi connectivity index (χ0n) is 11.6. The van der Waals surface area contributed by atoms with Crippen molar-refractivity contribution < 1.29 is 19.1 Å². The molecule has 0 saturated carbocycles. The van der Waals surface area contributed by atoms with Crippen LogP contribution in [0.3, 0.4) is 0 Å². The van der Waals surface area contributed by atoms with Gasteiger partial charge in [0.25, 0.3) is 5.91 Å². The number of methoxy groups -OCH3 is 1. The summed E-state index contributed by atoms with van der Waals surface area (Å²) in [6.07, 6.45) is 0.201. The first-order chi connectivity index (χ1) is 9.46. The first kappa shape index (κ1) is 15.6. The van der Waals surface area contributed by atoms with Crippen LogP contribution in [0.2, 0.25) is 0 Å². The molecule has 0 spiro atoms. The van der Waals surface area contributed by atoms with E-state index in [0.717, 1.165) is 0 Å². The van der Waals surface area contributed by atoms with Crippen molar-refractivity contribution in [3.05, 3.63) is 34.9 Å². The number of rotatable bonds is 5. The fraction of sp³-hybridized carbons (Fsp3) is 0.286. The van der Waals surface area contributed by atoms with Gasteiger partial charge in [-0.2, -0.15) is 0 Å². The second-order valence-corrected chi connectivity index (χ2v) is 3.98. The molecule has 106 valence electrons. The predicted octanol–water partition coefficient (Wildman–Crippen LogP) is 1.18. The Morgan fingerprint density at radius 1 is 1.25 bits per heavy atom. The van der Waals surface area contributed by atoms with E-state index in [4.69, 9.17) is 5.41 Å². The van der Waals surface area contributed by atoms with Crippen molar-refractivity contribution in [3.63, 3.8) is 0 Å². The molecule has 0 aliphatic heterocycles. The molecule has 6 nitrogen and oxygen atoms in total. The molecule has 1 amide bonds. The van der Waals surface area contributed by atoms with Crippen molar-refractivity contribution >= 4 is 23.4 Å². The van der Waals surface area contributed by atoms with Gasteiger partial charge in [0, 0.05) is 19.0 Å². The minimum absolute atomic E-state index is 0.0745. The van der Waals surface area contributed by atoms with E-state index in [1.165, 1.54) is 32.4 Å². The zero-order valence-corrected chi connectivity index (χ0v) is 11.6. The molecular weight excluding hydrogens is 260 g/mol. The minimum atomic E-state index is -0.650. The third kappa shape index (κ3) is 3.09. The number of amides is 1. The minimum Gasteiger partial charge on any atom is -0.465 e. The van der Waals surface area contributed by atoms with Crippen molar-refractivity contribution in [1.29, 1.82) is 5.41 Å². The summed E-state index contributed by atoms with van der Waals surface area (Å²) in [7, 11) is 2.64. The monoisotopic (exact) mass is 276 g/mol. The first-order valence-electron chi connectivity index (χ1n) is 6.02. The number of hydrogen-bond donors (Lipinski definition) is 2. The zero-order chi connectivity index (χ0) is 15.3. The number of Topliss-reactive ketones (excluding diaryl/α,β-unsaturated/α-hetero) is 1. The van der Waals surface area contributed by atoms with Gasteiger partial charge in [-0.1, -0.05) is 13.0 Å². The second kappa shape index (κ2) is 6.60. The molecule has 0 saturated heterocycles. The lowest BCUT2D eigenvalue weighted by molar-refractivity contribution is -0.112. The van der Waals surface area contributed by atoms with Gasteiger partial charge in [-0.3, -0.25) is 15.0 Å². The number of nitrogens with one attached hydrogen (secondary N) is 2. The smallest absolute Gasteiger partial charge is 0.338 e. The van der Waals surface area contributed by atoms with Gasteiger partial charge < -0.3 is 10.1 Å². The van der Waals surface area contributed by atoms with E-state index in [1.807, 2.05) is 0 Å². The molecule has 0 fully saturated rings. The molecule has 0 heterocycles. The summed E-state index contributed by atoms with van der Waals surface area (Å²) >= 11 is 0. The molecular formula is C14H16N2O4. The van der Waals surface area contributed by atoms with Gasteiger partial charge in [-0.25, -0.2) is 4.79 Å². The van der Waals surface area contributed by atoms with Crippen LogP contribution < -0.4 is 5.32 Å². The van der Waals surface area contributed by atoms with Crippen molar-refractivity contribution in [2.75, 3.05) is 14.2 Å². The number of carbonyl (C=O) groups is 3. The van der Waals surface area contributed by atoms with Crippen LogP contribution in [-0.2, 0) is 9.53 Å². The Balaban J connectivity index is 3.35. The molecule has 0 aromatic heterocycles. The Labute approximate surface area is 116 Å². The second-order valence-electron chi connectivity index (χ2n) is 3.98. The van der Waals surface area contributed by atoms with Gasteiger partial charge >= 0.3 is 5.97 Å². The van der Waals surface area contributed by atoms with Crippen LogP contribution in [-0.4, -0.2) is 37.5 Å². The van der Waals surface area contributed by atoms with Crippen LogP contribution in [0, 0.1) is 5.41 Å². The summed E-state index contributed by atoms with van der Waals surface area (Å²) in [6.45, 7) is 1.65. The van der Waals surface area contributed by atoms with Crippen LogP contribution in [0.5, 0.6) is 0 Å². The van der Waals surface area contributed by atoms with Gasteiger partial charge in [0.05, 0.1) is 18.2 Å². The molecule has 0 radical (unpaired) electrons. The molecule has 1 rings (SSSR count). The lowest BCUT2D eigenvalue weighted by Crippen LogP contribution is -2.23. The van der Waals surface area contributed by atoms with E-state index in [1.54, 1.807) is 6.92 Å². The Hall–Kier alpha value is -2.50. The van der Waals surface area contributed by atoms with Crippen molar-refractivity contribution in [1.82, 2.24) is 5.32 Å². The summed E-state index contributed by atoms with van der Waals surface area (Å²) < 4.78 is 4.60. The molecule has 20 heavy (non-hydrogen) atoms. The third-order valence-corrected chi connectivity index (χ3v) is 2.79. The maximum Gasteiger partial charge on any atom is 0.338 e. The highest BCUT2D eigenvalue weighted by molar-refractivity contribution is 6.45. The van der Waals surface area contributed by atoms with Gasteiger partial charge in [-0.05, 0) is 12.1 Å². The molecule has 2 N–H and O–H groups in total. The summed E-state index contributed by atoms with van der Waals surface area (Å²) in [5.41, 5.74) is 0.273. The highest BCUT2D eigenvalue weighted by Gasteiger charge is 2.19. The molecule has 0 aliphatic rings. The number of ether oxygens (including phenoxy) is 1. The van der Waals surface area contributed by atoms with Gasteiger partial charge in [0.1, 0.15) is 5.71 Å². The molecule has 6 heteroatoms. The van der Waals surface area contributed by atoms with Gasteiger partial charge in [0.15, 0.2) is 5.78 Å². The van der Waals surface area contributed by atoms with E-state index >= 15 is 0 Å². The molecule has 0 atom stereocenters. The molecule has 1 aromatic rings. The Morgan fingerprint density at radius 3 is 2.40 bits per heavy atom. The fourth-order valence-electron chi connectivity index (χ4n) is 1.65. The van der Waals surface area contributed by atoms with Gasteiger partial charge in [-0.15, -0.1) is 0 Å². The average molecular weight is 276 g/mol. The summed E-state index contributed by atoms with van der Waals surface area (Å²) in [5, 5.41) is 10.2. The predicted molar refractivity (Wildman–Crippen MR) is 73.3 cm³/mol. The van der Waals surface area contributed by atoms with Crippen LogP contribution >= 0.6 is 0 Å². The number of carbonyl (C=O) groups excluding carboxylic acids is 3. The first-order valence-corrected chi connectivity index (χ1v) is 6.02. The topological polar surface area (TPSA) is 96.3 Å². The van der Waals surface area contributed by atoms with E-state index < -0.39 is 11.9 Å². The Morgan fingerprint density at radius 2 is 1.90 bits per heavy atom. The van der Waals surface area contributed by atoms with E-state index in [0.29, 0.717) is 5.56 Å². The Bertz CT molecular complexity index is 579. The quantitative estimate of drug-likeness (QED) is 0.623. The number of benzene rings is 1. The number of esters is 1. The van der Waals surface area contributed by atoms with Crippen molar-refractivity contribution in [2.24, 2.45) is 0 Å². The number of ketones is 1. The average Bonchev–Trinajstić information content (AvgIpc) is 2.51. The molecule has 1 aromatic carbocycles. The summed E-state index contributed by atoms with van der Waals surface area (Å²) in [4.78, 5) is 34.9. The van der Waals surface area contributed by atoms with Crippen LogP contribution in [0.15, 0.2) is 18.2 Å². The normalized spacial score (nSPS) is 9.75. The van der Waals surface area contributed by atoms with Gasteiger partial charge in [0.2, 0.25) is 0 Å². The summed E-state index contributed by atoms with van der Waals surface area (Å²) in [6, 6.07) is 4.18. The molecule has 0 aliphatic carbocycles. The lowest BCUT2D eigenvalue weighted by Gasteiger charge is -2.09. The molecule has 0 bridgehead atoms. The highest BCUT2D eigenvalue weighted by atomic mass is 16.5. The highest BCUT2D eigenvalue weighted by Crippen LogP contribution is 2.15. The molecule has 0 unspecified atom stereocenters.